The van der Waals surface area contributed by atoms with E-state index in [-0.39, 0.29) is 39.6 Å². The number of carbonyl (C=O) groups excluding carboxylic acids is 4. The van der Waals surface area contributed by atoms with Crippen molar-refractivity contribution in [2.45, 2.75) is 27.7 Å². The molecule has 1 radical (unpaired) electrons. The molecule has 4 N–H and O–H groups in total. The van der Waals surface area contributed by atoms with Crippen LogP contribution in [0.3, 0.4) is 0 Å². The molecule has 0 heterocycles. The van der Waals surface area contributed by atoms with Crippen LogP contribution in [0.2, 0.25) is 0 Å². The van der Waals surface area contributed by atoms with Crippen molar-refractivity contribution >= 4 is 23.5 Å². The summed E-state index contributed by atoms with van der Waals surface area (Å²) in [6.07, 6.45) is 0. The number of rotatable bonds is 4. The molecule has 0 fully saturated rings. The van der Waals surface area contributed by atoms with E-state index >= 15 is 0 Å². The minimum absolute atomic E-state index is 0. The van der Waals surface area contributed by atoms with Crippen molar-refractivity contribution in [1.82, 2.24) is 0 Å². The molecular formula is C10H18CuO8. The number of carboxylic acids is 2. The molecule has 0 amide bonds. The van der Waals surface area contributed by atoms with E-state index in [2.05, 4.69) is 0 Å². The molecule has 9 heteroatoms. The summed E-state index contributed by atoms with van der Waals surface area (Å²) in [5.41, 5.74) is 0. The molecule has 0 aromatic heterocycles. The first-order chi connectivity index (χ1) is 7.11. The third kappa shape index (κ3) is 16.7. The van der Waals surface area contributed by atoms with Gasteiger partial charge in [-0.1, -0.05) is 13.8 Å². The number of ketones is 2. The molecule has 8 nitrogen and oxygen atoms in total. The first-order valence-corrected chi connectivity index (χ1v) is 4.53. The van der Waals surface area contributed by atoms with Crippen molar-refractivity contribution in [3.63, 3.8) is 0 Å². The normalized spacial score (nSPS) is 10.7. The molecule has 0 saturated heterocycles. The predicted molar refractivity (Wildman–Crippen MR) is 56.9 cm³/mol. The van der Waals surface area contributed by atoms with Crippen LogP contribution in [0.1, 0.15) is 27.7 Å². The van der Waals surface area contributed by atoms with Gasteiger partial charge in [0.1, 0.15) is 11.6 Å². The van der Waals surface area contributed by atoms with Gasteiger partial charge in [0, 0.05) is 0 Å². The molecule has 2 atom stereocenters. The second-order valence-corrected chi connectivity index (χ2v) is 3.30. The zero-order valence-electron chi connectivity index (χ0n) is 10.9. The Kier molecular flexibility index (Phi) is 23.8. The molecule has 0 aromatic rings. The third-order valence-corrected chi connectivity index (χ3v) is 1.93. The Morgan fingerprint density at radius 2 is 0.895 bits per heavy atom. The largest absolute Gasteiger partial charge is 2.00 e. The minimum Gasteiger partial charge on any atom is -0.549 e. The molecular weight excluding hydrogens is 312 g/mol. The van der Waals surface area contributed by atoms with Crippen LogP contribution in [0.5, 0.6) is 0 Å². The van der Waals surface area contributed by atoms with Crippen LogP contribution >= 0.6 is 0 Å². The zero-order valence-corrected chi connectivity index (χ0v) is 11.8. The number of hydrogen-bond acceptors (Lipinski definition) is 6. The molecule has 0 spiro atoms. The summed E-state index contributed by atoms with van der Waals surface area (Å²) in [6.45, 7) is 5.05. The van der Waals surface area contributed by atoms with Gasteiger partial charge in [0.25, 0.3) is 0 Å². The molecule has 0 aliphatic carbocycles. The Labute approximate surface area is 121 Å². The van der Waals surface area contributed by atoms with Crippen LogP contribution in [0.15, 0.2) is 0 Å². The summed E-state index contributed by atoms with van der Waals surface area (Å²) in [4.78, 5) is 39.9. The Hall–Kier alpha value is -1.28. The number of aliphatic carboxylic acids is 2. The van der Waals surface area contributed by atoms with Crippen molar-refractivity contribution in [1.29, 1.82) is 0 Å². The average Bonchev–Trinajstić information content (AvgIpc) is 2.15. The van der Waals surface area contributed by atoms with Gasteiger partial charge in [-0.05, 0) is 13.8 Å². The van der Waals surface area contributed by atoms with Crippen molar-refractivity contribution < 1.29 is 57.4 Å². The molecule has 2 unspecified atom stereocenters. The number of Topliss-reactive ketones (excluding diaryl/α,β-unsaturated/α-hetero) is 2. The molecule has 0 aliphatic heterocycles. The number of carboxylic acid groups (broad SMARTS) is 2. The maximum atomic E-state index is 10.2. The van der Waals surface area contributed by atoms with Gasteiger partial charge in [-0.2, -0.15) is 0 Å². The van der Waals surface area contributed by atoms with Gasteiger partial charge in [0.2, 0.25) is 0 Å². The van der Waals surface area contributed by atoms with E-state index < -0.39 is 23.8 Å². The van der Waals surface area contributed by atoms with Gasteiger partial charge in [-0.25, -0.2) is 0 Å². The second kappa shape index (κ2) is 14.8. The molecule has 0 saturated carbocycles. The summed E-state index contributed by atoms with van der Waals surface area (Å²) in [5.74, 6) is -5.28. The Morgan fingerprint density at radius 3 is 0.895 bits per heavy atom. The van der Waals surface area contributed by atoms with Gasteiger partial charge < -0.3 is 30.8 Å². The van der Waals surface area contributed by atoms with Gasteiger partial charge in [0.15, 0.2) is 0 Å². The molecule has 0 aromatic carbocycles. The van der Waals surface area contributed by atoms with Gasteiger partial charge >= 0.3 is 17.1 Å². The van der Waals surface area contributed by atoms with Gasteiger partial charge in [0.05, 0.1) is 23.8 Å². The van der Waals surface area contributed by atoms with Crippen LogP contribution in [0.4, 0.5) is 0 Å². The molecule has 0 bridgehead atoms. The topological polar surface area (TPSA) is 177 Å². The summed E-state index contributed by atoms with van der Waals surface area (Å²) < 4.78 is 0. The van der Waals surface area contributed by atoms with Crippen molar-refractivity contribution in [2.24, 2.45) is 11.8 Å². The first-order valence-electron chi connectivity index (χ1n) is 4.53. The molecule has 0 rings (SSSR count). The zero-order chi connectivity index (χ0) is 13.5. The van der Waals surface area contributed by atoms with Gasteiger partial charge in [-0.3, -0.25) is 9.59 Å². The Bertz CT molecular complexity index is 244. The Balaban J connectivity index is -0.0000000594. The monoisotopic (exact) mass is 329 g/mol. The molecule has 0 aliphatic rings. The van der Waals surface area contributed by atoms with E-state index in [1.807, 2.05) is 0 Å². The first kappa shape index (κ1) is 30.6. The van der Waals surface area contributed by atoms with Crippen molar-refractivity contribution in [3.05, 3.63) is 0 Å². The SMILES string of the molecule is CC(=O)C(C)C(=O)[O-].CC(=O)C(C)C(=O)[O-].O.O.[Cu+2]. The smallest absolute Gasteiger partial charge is 0.549 e. The second-order valence-electron chi connectivity index (χ2n) is 3.30. The van der Waals surface area contributed by atoms with E-state index in [1.165, 1.54) is 27.7 Å². The third-order valence-electron chi connectivity index (χ3n) is 1.93. The summed E-state index contributed by atoms with van der Waals surface area (Å²) >= 11 is 0. The maximum Gasteiger partial charge on any atom is 2.00 e. The van der Waals surface area contributed by atoms with Gasteiger partial charge in [-0.15, -0.1) is 0 Å². The fourth-order valence-electron chi connectivity index (χ4n) is 0.332. The molecule has 117 valence electrons. The summed E-state index contributed by atoms with van der Waals surface area (Å²) in [6, 6.07) is 0. The summed E-state index contributed by atoms with van der Waals surface area (Å²) in [5, 5.41) is 19.6. The van der Waals surface area contributed by atoms with E-state index in [4.69, 9.17) is 0 Å². The van der Waals surface area contributed by atoms with Crippen molar-refractivity contribution in [2.75, 3.05) is 0 Å². The van der Waals surface area contributed by atoms with Crippen LogP contribution in [0, 0.1) is 11.8 Å². The number of hydrogen-bond donors (Lipinski definition) is 0. The van der Waals surface area contributed by atoms with Crippen LogP contribution in [0.25, 0.3) is 0 Å². The van der Waals surface area contributed by atoms with Crippen LogP contribution in [-0.2, 0) is 36.2 Å². The molecule has 19 heavy (non-hydrogen) atoms. The number of carbonyl (C=O) groups is 4. The summed E-state index contributed by atoms with van der Waals surface area (Å²) in [7, 11) is 0. The average molecular weight is 330 g/mol. The fourth-order valence-corrected chi connectivity index (χ4v) is 0.332. The van der Waals surface area contributed by atoms with E-state index in [0.717, 1.165) is 0 Å². The van der Waals surface area contributed by atoms with Crippen LogP contribution in [-0.4, -0.2) is 34.5 Å². The minimum atomic E-state index is -1.31. The van der Waals surface area contributed by atoms with E-state index in [9.17, 15) is 29.4 Å². The maximum absolute atomic E-state index is 10.2. The predicted octanol–water partition coefficient (Wildman–Crippen LogP) is -3.73. The quantitative estimate of drug-likeness (QED) is 0.378. The Morgan fingerprint density at radius 1 is 0.737 bits per heavy atom. The van der Waals surface area contributed by atoms with Crippen molar-refractivity contribution in [3.8, 4) is 0 Å². The van der Waals surface area contributed by atoms with Crippen LogP contribution < -0.4 is 10.2 Å². The van der Waals surface area contributed by atoms with E-state index in [1.54, 1.807) is 0 Å². The fraction of sp³-hybridized carbons (Fsp3) is 0.600. The standard InChI is InChI=1S/2C5H8O3.Cu.2H2O/c2*1-3(4(2)6)5(7)8;;;/h2*3H,1-2H3,(H,7,8);;2*1H2/q;;+2;;/p-2. The van der Waals surface area contributed by atoms with E-state index in [0.29, 0.717) is 0 Å².